The van der Waals surface area contributed by atoms with E-state index in [0.29, 0.717) is 11.3 Å². The van der Waals surface area contributed by atoms with Crippen LogP contribution in [0.3, 0.4) is 0 Å². The number of ether oxygens (including phenoxy) is 2. The van der Waals surface area contributed by atoms with Crippen molar-refractivity contribution in [3.63, 3.8) is 0 Å². The Bertz CT molecular complexity index is 1390. The Morgan fingerprint density at radius 1 is 0.925 bits per heavy atom. The normalized spacial score (nSPS) is 12.3. The molecule has 10 heteroatoms. The average molecular weight is 545 g/mol. The van der Waals surface area contributed by atoms with Gasteiger partial charge in [-0.3, -0.25) is 9.59 Å². The van der Waals surface area contributed by atoms with Crippen LogP contribution in [0.1, 0.15) is 50.6 Å². The van der Waals surface area contributed by atoms with Gasteiger partial charge >= 0.3 is 18.0 Å². The molecule has 1 unspecified atom stereocenters. The fourth-order valence-electron chi connectivity index (χ4n) is 4.64. The van der Waals surface area contributed by atoms with E-state index in [1.807, 2.05) is 48.5 Å². The molecule has 40 heavy (non-hydrogen) atoms. The molecule has 0 radical (unpaired) electrons. The van der Waals surface area contributed by atoms with Crippen LogP contribution in [0.4, 0.5) is 4.79 Å². The Hall–Kier alpha value is -4.99. The number of esters is 1. The van der Waals surface area contributed by atoms with E-state index in [2.05, 4.69) is 5.32 Å². The Morgan fingerprint density at radius 2 is 1.52 bits per heavy atom. The number of nitrogens with zero attached hydrogens (tertiary/aromatic N) is 1. The van der Waals surface area contributed by atoms with Gasteiger partial charge in [-0.1, -0.05) is 66.7 Å². The summed E-state index contributed by atoms with van der Waals surface area (Å²) in [6, 6.07) is 20.7. The van der Waals surface area contributed by atoms with Crippen LogP contribution in [-0.2, 0) is 23.9 Å². The molecule has 0 heterocycles. The van der Waals surface area contributed by atoms with Crippen LogP contribution in [0, 0.1) is 0 Å². The number of alkyl carbamates (subject to hydrolysis) is 1. The van der Waals surface area contributed by atoms with Crippen LogP contribution >= 0.6 is 0 Å². The molecule has 3 aromatic rings. The van der Waals surface area contributed by atoms with Crippen LogP contribution in [0.15, 0.2) is 72.8 Å². The first kappa shape index (κ1) is 28.0. The van der Waals surface area contributed by atoms with Crippen LogP contribution in [-0.4, -0.2) is 62.1 Å². The molecule has 0 aromatic heterocycles. The van der Waals surface area contributed by atoms with Gasteiger partial charge in [-0.05, 0) is 34.7 Å². The van der Waals surface area contributed by atoms with Crippen molar-refractivity contribution in [2.24, 2.45) is 0 Å². The van der Waals surface area contributed by atoms with Crippen LogP contribution in [0.2, 0.25) is 0 Å². The molecule has 206 valence electrons. The highest BCUT2D eigenvalue weighted by Crippen LogP contribution is 2.44. The molecule has 1 aliphatic rings. The molecule has 0 saturated heterocycles. The summed E-state index contributed by atoms with van der Waals surface area (Å²) in [6.45, 7) is 0.0466. The SMILES string of the molecule is COC(=O)C(CCC(=O)ON(C)C(=O)c1ccccc1C=O)NC(=O)OCC1c2ccccc2-c2ccccc21. The lowest BCUT2D eigenvalue weighted by atomic mass is 9.98. The van der Waals surface area contributed by atoms with Crippen LogP contribution < -0.4 is 5.32 Å². The minimum absolute atomic E-state index is 0.0466. The molecular weight excluding hydrogens is 516 g/mol. The number of hydroxylamine groups is 2. The number of amides is 2. The summed E-state index contributed by atoms with van der Waals surface area (Å²) < 4.78 is 10.2. The maximum atomic E-state index is 12.6. The summed E-state index contributed by atoms with van der Waals surface area (Å²) in [4.78, 5) is 66.2. The summed E-state index contributed by atoms with van der Waals surface area (Å²) in [6.07, 6.45) is -0.805. The van der Waals surface area contributed by atoms with E-state index in [0.717, 1.165) is 29.4 Å². The standard InChI is InChI=1S/C30H28N2O8/c1-32(28(35)20-10-4-3-9-19(20)17-33)40-27(34)16-15-26(29(36)38-2)31-30(37)39-18-25-23-13-7-5-11-21(23)22-12-6-8-14-24(22)25/h3-14,17,25-26H,15-16,18H2,1-2H3,(H,31,37). The third kappa shape index (κ3) is 6.17. The van der Waals surface area contributed by atoms with E-state index in [-0.39, 0.29) is 36.5 Å². The molecule has 3 aromatic carbocycles. The summed E-state index contributed by atoms with van der Waals surface area (Å²) in [5.41, 5.74) is 4.45. The predicted molar refractivity (Wildman–Crippen MR) is 143 cm³/mol. The van der Waals surface area contributed by atoms with E-state index < -0.39 is 30.0 Å². The molecule has 1 aliphatic carbocycles. The van der Waals surface area contributed by atoms with E-state index >= 15 is 0 Å². The Kier molecular flexibility index (Phi) is 8.90. The number of hydrogen-bond donors (Lipinski definition) is 1. The monoisotopic (exact) mass is 544 g/mol. The number of nitrogens with one attached hydrogen (secondary N) is 1. The number of carbonyl (C=O) groups excluding carboxylic acids is 5. The first-order chi connectivity index (χ1) is 19.3. The van der Waals surface area contributed by atoms with E-state index in [4.69, 9.17) is 14.3 Å². The van der Waals surface area contributed by atoms with Gasteiger partial charge in [-0.25, -0.2) is 14.4 Å². The summed E-state index contributed by atoms with van der Waals surface area (Å²) in [5.74, 6) is -2.47. The van der Waals surface area contributed by atoms with Crippen molar-refractivity contribution >= 4 is 30.2 Å². The number of rotatable bonds is 9. The highest BCUT2D eigenvalue weighted by Gasteiger charge is 2.30. The fourth-order valence-corrected chi connectivity index (χ4v) is 4.64. The molecule has 0 spiro atoms. The number of hydrogen-bond acceptors (Lipinski definition) is 8. The van der Waals surface area contributed by atoms with Crippen molar-refractivity contribution in [3.05, 3.63) is 95.1 Å². The number of fused-ring (bicyclic) bond motifs is 3. The van der Waals surface area contributed by atoms with Gasteiger partial charge in [-0.2, -0.15) is 5.06 Å². The maximum absolute atomic E-state index is 12.6. The van der Waals surface area contributed by atoms with E-state index in [1.54, 1.807) is 12.1 Å². The van der Waals surface area contributed by atoms with Crippen molar-refractivity contribution in [1.82, 2.24) is 10.4 Å². The smallest absolute Gasteiger partial charge is 0.407 e. The molecule has 0 aliphatic heterocycles. The Balaban J connectivity index is 1.32. The third-order valence-corrected chi connectivity index (χ3v) is 6.60. The van der Waals surface area contributed by atoms with Gasteiger partial charge in [0.15, 0.2) is 6.29 Å². The van der Waals surface area contributed by atoms with Gasteiger partial charge in [0, 0.05) is 18.5 Å². The number of carbonyl (C=O) groups is 5. The van der Waals surface area contributed by atoms with Gasteiger partial charge in [0.2, 0.25) is 0 Å². The topological polar surface area (TPSA) is 128 Å². The summed E-state index contributed by atoms with van der Waals surface area (Å²) in [7, 11) is 2.39. The lowest BCUT2D eigenvalue weighted by Gasteiger charge is -2.19. The first-order valence-corrected chi connectivity index (χ1v) is 12.6. The van der Waals surface area contributed by atoms with Gasteiger partial charge < -0.3 is 19.6 Å². The summed E-state index contributed by atoms with van der Waals surface area (Å²) in [5, 5.41) is 3.15. The maximum Gasteiger partial charge on any atom is 0.407 e. The van der Waals surface area contributed by atoms with E-state index in [9.17, 15) is 24.0 Å². The van der Waals surface area contributed by atoms with Crippen LogP contribution in [0.5, 0.6) is 0 Å². The molecule has 0 fully saturated rings. The summed E-state index contributed by atoms with van der Waals surface area (Å²) >= 11 is 0. The molecule has 10 nitrogen and oxygen atoms in total. The molecule has 1 N–H and O–H groups in total. The number of benzene rings is 3. The van der Waals surface area contributed by atoms with Gasteiger partial charge in [0.25, 0.3) is 5.91 Å². The quantitative estimate of drug-likeness (QED) is 0.244. The second-order valence-corrected chi connectivity index (χ2v) is 9.06. The number of aldehydes is 1. The lowest BCUT2D eigenvalue weighted by Crippen LogP contribution is -2.42. The molecular formula is C30H28N2O8. The molecule has 4 rings (SSSR count). The molecule has 0 saturated carbocycles. The van der Waals surface area contributed by atoms with Crippen molar-refractivity contribution < 1.29 is 38.3 Å². The van der Waals surface area contributed by atoms with Gasteiger partial charge in [-0.15, -0.1) is 0 Å². The van der Waals surface area contributed by atoms with Crippen molar-refractivity contribution in [1.29, 1.82) is 0 Å². The highest BCUT2D eigenvalue weighted by molar-refractivity contribution is 6.01. The lowest BCUT2D eigenvalue weighted by molar-refractivity contribution is -0.173. The van der Waals surface area contributed by atoms with Crippen molar-refractivity contribution in [2.75, 3.05) is 20.8 Å². The predicted octanol–water partition coefficient (Wildman–Crippen LogP) is 3.89. The number of methoxy groups -OCH3 is 1. The van der Waals surface area contributed by atoms with Crippen molar-refractivity contribution in [2.45, 2.75) is 24.8 Å². The third-order valence-electron chi connectivity index (χ3n) is 6.60. The zero-order valence-corrected chi connectivity index (χ0v) is 22.0. The minimum atomic E-state index is -1.19. The first-order valence-electron chi connectivity index (χ1n) is 12.6. The van der Waals surface area contributed by atoms with E-state index in [1.165, 1.54) is 19.2 Å². The highest BCUT2D eigenvalue weighted by atomic mass is 16.7. The Labute approximate surface area is 230 Å². The average Bonchev–Trinajstić information content (AvgIpc) is 3.30. The second-order valence-electron chi connectivity index (χ2n) is 9.06. The van der Waals surface area contributed by atoms with Gasteiger partial charge in [0.1, 0.15) is 12.6 Å². The molecule has 2 amide bonds. The zero-order valence-electron chi connectivity index (χ0n) is 22.0. The molecule has 1 atom stereocenters. The van der Waals surface area contributed by atoms with Crippen molar-refractivity contribution in [3.8, 4) is 11.1 Å². The largest absolute Gasteiger partial charge is 0.467 e. The minimum Gasteiger partial charge on any atom is -0.467 e. The van der Waals surface area contributed by atoms with Crippen LogP contribution in [0.25, 0.3) is 11.1 Å². The Morgan fingerprint density at radius 3 is 2.15 bits per heavy atom. The zero-order chi connectivity index (χ0) is 28.6. The molecule has 0 bridgehead atoms. The fraction of sp³-hybridized carbons (Fsp3) is 0.233. The second kappa shape index (κ2) is 12.7. The van der Waals surface area contributed by atoms with Gasteiger partial charge in [0.05, 0.1) is 19.1 Å².